The van der Waals surface area contributed by atoms with Crippen LogP contribution in [0.4, 0.5) is 5.69 Å². The van der Waals surface area contributed by atoms with Crippen molar-refractivity contribution in [3.05, 3.63) is 83.7 Å². The Labute approximate surface area is 209 Å². The van der Waals surface area contributed by atoms with Crippen molar-refractivity contribution in [3.63, 3.8) is 0 Å². The zero-order valence-electron chi connectivity index (χ0n) is 19.7. The molecule has 1 fully saturated rings. The van der Waals surface area contributed by atoms with Crippen molar-refractivity contribution in [3.8, 4) is 11.1 Å². The molecule has 2 heterocycles. The number of nitrogens with zero attached hydrogens (tertiary/aromatic N) is 1. The average molecular weight is 489 g/mol. The number of hydrogen-bond donors (Lipinski definition) is 3. The molecular formula is C27H28N4O5. The van der Waals surface area contributed by atoms with Gasteiger partial charge in [-0.05, 0) is 59.5 Å². The Bertz CT molecular complexity index is 1230. The van der Waals surface area contributed by atoms with Crippen LogP contribution in [0.3, 0.4) is 0 Å². The third-order valence-corrected chi connectivity index (χ3v) is 5.78. The van der Waals surface area contributed by atoms with Gasteiger partial charge in [-0.25, -0.2) is 4.79 Å². The summed E-state index contributed by atoms with van der Waals surface area (Å²) < 4.78 is 10.4. The van der Waals surface area contributed by atoms with Gasteiger partial charge in [0.25, 0.3) is 11.8 Å². The number of amides is 2. The molecule has 9 heteroatoms. The SMILES string of the molecule is NCc1ccc(C(=O)Nc2ccncc2)cc1-c1cccc(C(=O)NCCCOC2CCOC2=O)c1. The third kappa shape index (κ3) is 6.32. The number of carbonyl (C=O) groups excluding carboxylic acids is 3. The number of rotatable bonds is 10. The Kier molecular flexibility index (Phi) is 8.38. The van der Waals surface area contributed by atoms with Gasteiger partial charge in [0.1, 0.15) is 0 Å². The zero-order chi connectivity index (χ0) is 25.3. The van der Waals surface area contributed by atoms with Crippen molar-refractivity contribution >= 4 is 23.5 Å². The van der Waals surface area contributed by atoms with Crippen LogP contribution in [0.1, 0.15) is 39.1 Å². The fourth-order valence-corrected chi connectivity index (χ4v) is 3.86. The first-order valence-corrected chi connectivity index (χ1v) is 11.8. The molecule has 0 radical (unpaired) electrons. The number of pyridine rings is 1. The Morgan fingerprint density at radius 3 is 2.61 bits per heavy atom. The van der Waals surface area contributed by atoms with Crippen LogP contribution in [0.25, 0.3) is 11.1 Å². The lowest BCUT2D eigenvalue weighted by Gasteiger charge is -2.13. The number of nitrogens with two attached hydrogens (primary N) is 1. The summed E-state index contributed by atoms with van der Waals surface area (Å²) in [6.45, 7) is 1.44. The Morgan fingerprint density at radius 2 is 1.86 bits per heavy atom. The van der Waals surface area contributed by atoms with Crippen molar-refractivity contribution in [1.29, 1.82) is 0 Å². The topological polar surface area (TPSA) is 133 Å². The van der Waals surface area contributed by atoms with Gasteiger partial charge in [0.2, 0.25) is 0 Å². The second-order valence-corrected chi connectivity index (χ2v) is 8.27. The number of anilines is 1. The van der Waals surface area contributed by atoms with Gasteiger partial charge in [-0.15, -0.1) is 0 Å². The van der Waals surface area contributed by atoms with Crippen LogP contribution in [0, 0.1) is 0 Å². The average Bonchev–Trinajstić information content (AvgIpc) is 3.33. The minimum atomic E-state index is -0.503. The van der Waals surface area contributed by atoms with Crippen molar-refractivity contribution in [1.82, 2.24) is 10.3 Å². The standard InChI is InChI=1S/C27H28N4O5/c28-17-21-6-5-20(26(33)31-22-7-11-29-12-8-22)16-23(21)18-3-1-4-19(15-18)25(32)30-10-2-13-35-24-9-14-36-27(24)34/h1,3-8,11-12,15-16,24H,2,9-10,13-14,17,28H2,(H,30,32)(H,29,31,33). The highest BCUT2D eigenvalue weighted by molar-refractivity contribution is 6.05. The fraction of sp³-hybridized carbons (Fsp3) is 0.259. The minimum absolute atomic E-state index is 0.224. The van der Waals surface area contributed by atoms with Crippen LogP contribution < -0.4 is 16.4 Å². The van der Waals surface area contributed by atoms with Gasteiger partial charge in [-0.1, -0.05) is 18.2 Å². The van der Waals surface area contributed by atoms with Crippen LogP contribution >= 0.6 is 0 Å². The Morgan fingerprint density at radius 1 is 1.06 bits per heavy atom. The van der Waals surface area contributed by atoms with Crippen molar-refractivity contribution < 1.29 is 23.9 Å². The number of nitrogens with one attached hydrogen (secondary N) is 2. The molecule has 1 aliphatic heterocycles. The number of aromatic nitrogens is 1. The first kappa shape index (κ1) is 25.0. The highest BCUT2D eigenvalue weighted by atomic mass is 16.6. The molecule has 9 nitrogen and oxygen atoms in total. The molecule has 4 rings (SSSR count). The summed E-state index contributed by atoms with van der Waals surface area (Å²) in [7, 11) is 0. The van der Waals surface area contributed by atoms with E-state index in [-0.39, 0.29) is 24.3 Å². The number of cyclic esters (lactones) is 1. The van der Waals surface area contributed by atoms with Crippen LogP contribution in [0.2, 0.25) is 0 Å². The number of esters is 1. The first-order valence-electron chi connectivity index (χ1n) is 11.8. The van der Waals surface area contributed by atoms with Gasteiger partial charge in [-0.2, -0.15) is 0 Å². The molecule has 1 atom stereocenters. The monoisotopic (exact) mass is 488 g/mol. The van der Waals surface area contributed by atoms with Crippen LogP contribution in [0.5, 0.6) is 0 Å². The van der Waals surface area contributed by atoms with Gasteiger partial charge in [0.05, 0.1) is 6.61 Å². The highest BCUT2D eigenvalue weighted by Crippen LogP contribution is 2.26. The molecule has 0 spiro atoms. The van der Waals surface area contributed by atoms with Crippen molar-refractivity contribution in [2.75, 3.05) is 25.1 Å². The molecule has 1 saturated heterocycles. The fourth-order valence-electron chi connectivity index (χ4n) is 3.86. The molecule has 2 amide bonds. The molecule has 1 aliphatic rings. The number of carbonyl (C=O) groups is 3. The Hall–Kier alpha value is -4.08. The highest BCUT2D eigenvalue weighted by Gasteiger charge is 2.26. The summed E-state index contributed by atoms with van der Waals surface area (Å²) in [6, 6.07) is 15.9. The number of benzene rings is 2. The molecule has 1 aromatic heterocycles. The van der Waals surface area contributed by atoms with Gasteiger partial charge in [-0.3, -0.25) is 14.6 Å². The maximum Gasteiger partial charge on any atom is 0.335 e. The molecule has 3 aromatic rings. The van der Waals surface area contributed by atoms with Crippen LogP contribution in [-0.2, 0) is 20.8 Å². The van der Waals surface area contributed by atoms with Gasteiger partial charge < -0.3 is 25.8 Å². The minimum Gasteiger partial charge on any atom is -0.464 e. The van der Waals surface area contributed by atoms with Crippen LogP contribution in [-0.4, -0.2) is 48.6 Å². The van der Waals surface area contributed by atoms with E-state index in [1.54, 1.807) is 54.9 Å². The first-order chi connectivity index (χ1) is 17.5. The molecule has 1 unspecified atom stereocenters. The summed E-state index contributed by atoms with van der Waals surface area (Å²) in [5, 5.41) is 5.72. The van der Waals surface area contributed by atoms with E-state index in [0.717, 1.165) is 16.7 Å². The second-order valence-electron chi connectivity index (χ2n) is 8.27. The van der Waals surface area contributed by atoms with Crippen molar-refractivity contribution in [2.24, 2.45) is 5.73 Å². The normalized spacial score (nSPS) is 14.8. The molecular weight excluding hydrogens is 460 g/mol. The molecule has 4 N–H and O–H groups in total. The predicted octanol–water partition coefficient (Wildman–Crippen LogP) is 2.91. The summed E-state index contributed by atoms with van der Waals surface area (Å²) in [4.78, 5) is 40.9. The lowest BCUT2D eigenvalue weighted by atomic mass is 9.95. The summed E-state index contributed by atoms with van der Waals surface area (Å²) in [6.07, 6.45) is 3.84. The van der Waals surface area contributed by atoms with E-state index < -0.39 is 6.10 Å². The lowest BCUT2D eigenvalue weighted by molar-refractivity contribution is -0.147. The summed E-state index contributed by atoms with van der Waals surface area (Å²) in [5.74, 6) is -0.808. The summed E-state index contributed by atoms with van der Waals surface area (Å²) >= 11 is 0. The van der Waals surface area contributed by atoms with E-state index in [1.807, 2.05) is 12.1 Å². The van der Waals surface area contributed by atoms with Gasteiger partial charge in [0, 0.05) is 55.3 Å². The molecule has 0 aliphatic carbocycles. The molecule has 2 aromatic carbocycles. The van der Waals surface area contributed by atoms with E-state index in [4.69, 9.17) is 15.2 Å². The van der Waals surface area contributed by atoms with E-state index in [2.05, 4.69) is 15.6 Å². The largest absolute Gasteiger partial charge is 0.464 e. The molecule has 0 saturated carbocycles. The van der Waals surface area contributed by atoms with E-state index in [1.165, 1.54) is 0 Å². The summed E-state index contributed by atoms with van der Waals surface area (Å²) in [5.41, 5.74) is 9.98. The molecule has 186 valence electrons. The third-order valence-electron chi connectivity index (χ3n) is 5.78. The quantitative estimate of drug-likeness (QED) is 0.295. The maximum absolute atomic E-state index is 12.8. The Balaban J connectivity index is 1.40. The van der Waals surface area contributed by atoms with Crippen LogP contribution in [0.15, 0.2) is 67.0 Å². The second kappa shape index (κ2) is 12.1. The van der Waals surface area contributed by atoms with E-state index >= 15 is 0 Å². The number of hydrogen-bond acceptors (Lipinski definition) is 7. The number of ether oxygens (including phenoxy) is 2. The zero-order valence-corrected chi connectivity index (χ0v) is 19.7. The predicted molar refractivity (Wildman–Crippen MR) is 134 cm³/mol. The molecule has 0 bridgehead atoms. The van der Waals surface area contributed by atoms with E-state index in [9.17, 15) is 14.4 Å². The van der Waals surface area contributed by atoms with Gasteiger partial charge >= 0.3 is 5.97 Å². The molecule has 36 heavy (non-hydrogen) atoms. The van der Waals surface area contributed by atoms with Gasteiger partial charge in [0.15, 0.2) is 6.10 Å². The smallest absolute Gasteiger partial charge is 0.335 e. The maximum atomic E-state index is 12.8. The van der Waals surface area contributed by atoms with E-state index in [0.29, 0.717) is 49.4 Å². The lowest BCUT2D eigenvalue weighted by Crippen LogP contribution is -2.26. The van der Waals surface area contributed by atoms with Crippen molar-refractivity contribution in [2.45, 2.75) is 25.5 Å².